The fraction of sp³-hybridized carbons (Fsp3) is 0.429. The molecule has 0 aliphatic carbocycles. The smallest absolute Gasteiger partial charge is 0.227 e. The number of nitrogens with zero attached hydrogens (tertiary/aromatic N) is 2. The summed E-state index contributed by atoms with van der Waals surface area (Å²) in [5, 5.41) is 4.06. The van der Waals surface area contributed by atoms with Gasteiger partial charge in [-0.3, -0.25) is 0 Å². The van der Waals surface area contributed by atoms with E-state index in [1.165, 1.54) is 0 Å². The first-order valence-corrected chi connectivity index (χ1v) is 7.22. The van der Waals surface area contributed by atoms with Crippen molar-refractivity contribution < 1.29 is 4.52 Å². The second-order valence-electron chi connectivity index (χ2n) is 4.69. The highest BCUT2D eigenvalue weighted by Crippen LogP contribution is 2.24. The molecule has 5 heteroatoms. The molecular formula is C14H18BrN3O. The second-order valence-corrected chi connectivity index (χ2v) is 5.60. The van der Waals surface area contributed by atoms with Crippen molar-refractivity contribution in [2.24, 2.45) is 11.7 Å². The van der Waals surface area contributed by atoms with Crippen molar-refractivity contribution in [3.05, 3.63) is 34.1 Å². The van der Waals surface area contributed by atoms with Gasteiger partial charge in [0.05, 0.1) is 0 Å². The van der Waals surface area contributed by atoms with Gasteiger partial charge in [-0.1, -0.05) is 34.4 Å². The summed E-state index contributed by atoms with van der Waals surface area (Å²) in [7, 11) is 0. The number of aromatic nitrogens is 2. The van der Waals surface area contributed by atoms with Crippen LogP contribution in [0.25, 0.3) is 11.4 Å². The topological polar surface area (TPSA) is 64.9 Å². The van der Waals surface area contributed by atoms with Crippen LogP contribution >= 0.6 is 15.9 Å². The minimum atomic E-state index is 0.402. The summed E-state index contributed by atoms with van der Waals surface area (Å²) in [5.41, 5.74) is 7.81. The molecule has 1 unspecified atom stereocenters. The van der Waals surface area contributed by atoms with Gasteiger partial charge in [0.1, 0.15) is 0 Å². The van der Waals surface area contributed by atoms with Crippen LogP contribution in [-0.4, -0.2) is 16.7 Å². The molecule has 0 bridgehead atoms. The summed E-state index contributed by atoms with van der Waals surface area (Å²) in [6.07, 6.45) is 1.76. The van der Waals surface area contributed by atoms with E-state index in [4.69, 9.17) is 10.3 Å². The molecule has 4 nitrogen and oxygen atoms in total. The van der Waals surface area contributed by atoms with E-state index in [1.807, 2.05) is 25.1 Å². The average molecular weight is 324 g/mol. The lowest BCUT2D eigenvalue weighted by molar-refractivity contribution is 0.350. The number of halogens is 1. The molecule has 1 aromatic heterocycles. The van der Waals surface area contributed by atoms with Crippen molar-refractivity contribution in [3.63, 3.8) is 0 Å². The predicted octanol–water partition coefficient (Wildman–Crippen LogP) is 3.33. The van der Waals surface area contributed by atoms with Crippen molar-refractivity contribution >= 4 is 15.9 Å². The van der Waals surface area contributed by atoms with Gasteiger partial charge in [-0.05, 0) is 43.1 Å². The molecule has 0 saturated carbocycles. The first kappa shape index (κ1) is 14.2. The van der Waals surface area contributed by atoms with Gasteiger partial charge in [0.2, 0.25) is 11.7 Å². The van der Waals surface area contributed by atoms with Crippen molar-refractivity contribution in [3.8, 4) is 11.4 Å². The molecule has 2 rings (SSSR count). The standard InChI is InChI=1S/C14H18BrN3O/c1-3-10(8-16)7-13-17-14(18-19-13)12-5-4-11(15)6-9(12)2/h4-6,10H,3,7-8,16H2,1-2H3. The number of aryl methyl sites for hydroxylation is 1. The zero-order valence-corrected chi connectivity index (χ0v) is 12.8. The Morgan fingerprint density at radius 3 is 2.84 bits per heavy atom. The minimum absolute atomic E-state index is 0.402. The third kappa shape index (κ3) is 3.42. The Kier molecular flexibility index (Phi) is 4.71. The lowest BCUT2D eigenvalue weighted by Gasteiger charge is -2.07. The monoisotopic (exact) mass is 323 g/mol. The van der Waals surface area contributed by atoms with Crippen LogP contribution in [0, 0.1) is 12.8 Å². The maximum absolute atomic E-state index is 5.69. The molecule has 0 amide bonds. The molecule has 1 atom stereocenters. The first-order chi connectivity index (χ1) is 9.13. The average Bonchev–Trinajstić information content (AvgIpc) is 2.84. The van der Waals surface area contributed by atoms with Gasteiger partial charge in [-0.25, -0.2) is 0 Å². The molecule has 1 aromatic carbocycles. The second kappa shape index (κ2) is 6.30. The Morgan fingerprint density at radius 2 is 2.21 bits per heavy atom. The lowest BCUT2D eigenvalue weighted by Crippen LogP contribution is -2.15. The maximum atomic E-state index is 5.69. The maximum Gasteiger partial charge on any atom is 0.227 e. The highest BCUT2D eigenvalue weighted by molar-refractivity contribution is 9.10. The Labute approximate surface area is 121 Å². The molecule has 0 aliphatic rings. The molecule has 0 saturated heterocycles. The third-order valence-electron chi connectivity index (χ3n) is 3.27. The van der Waals surface area contributed by atoms with E-state index in [2.05, 4.69) is 33.0 Å². The molecule has 0 radical (unpaired) electrons. The minimum Gasteiger partial charge on any atom is -0.339 e. The molecular weight excluding hydrogens is 306 g/mol. The van der Waals surface area contributed by atoms with Crippen LogP contribution in [0.15, 0.2) is 27.2 Å². The van der Waals surface area contributed by atoms with Gasteiger partial charge >= 0.3 is 0 Å². The van der Waals surface area contributed by atoms with Crippen molar-refractivity contribution in [1.29, 1.82) is 0 Å². The van der Waals surface area contributed by atoms with Gasteiger partial charge in [0.25, 0.3) is 0 Å². The van der Waals surface area contributed by atoms with Crippen molar-refractivity contribution in [1.82, 2.24) is 10.1 Å². The first-order valence-electron chi connectivity index (χ1n) is 6.43. The van der Waals surface area contributed by atoms with Gasteiger partial charge in [0.15, 0.2) is 0 Å². The van der Waals surface area contributed by atoms with Gasteiger partial charge in [0, 0.05) is 16.5 Å². The Morgan fingerprint density at radius 1 is 1.42 bits per heavy atom. The molecule has 2 aromatic rings. The summed E-state index contributed by atoms with van der Waals surface area (Å²) < 4.78 is 6.36. The Bertz CT molecular complexity index is 549. The van der Waals surface area contributed by atoms with Crippen LogP contribution in [0.3, 0.4) is 0 Å². The van der Waals surface area contributed by atoms with Crippen LogP contribution in [0.2, 0.25) is 0 Å². The third-order valence-corrected chi connectivity index (χ3v) is 3.76. The summed E-state index contributed by atoms with van der Waals surface area (Å²) in [5.74, 6) is 1.71. The van der Waals surface area contributed by atoms with Crippen LogP contribution in [0.4, 0.5) is 0 Å². The molecule has 2 N–H and O–H groups in total. The van der Waals surface area contributed by atoms with E-state index in [1.54, 1.807) is 0 Å². The van der Waals surface area contributed by atoms with E-state index in [0.29, 0.717) is 24.2 Å². The van der Waals surface area contributed by atoms with E-state index in [9.17, 15) is 0 Å². The van der Waals surface area contributed by atoms with Gasteiger partial charge < -0.3 is 10.3 Å². The fourth-order valence-corrected chi connectivity index (χ4v) is 2.44. The molecule has 19 heavy (non-hydrogen) atoms. The normalized spacial score (nSPS) is 12.6. The zero-order chi connectivity index (χ0) is 13.8. The van der Waals surface area contributed by atoms with E-state index in [0.717, 1.165) is 28.4 Å². The fourth-order valence-electron chi connectivity index (χ4n) is 1.97. The summed E-state index contributed by atoms with van der Waals surface area (Å²) in [6, 6.07) is 6.02. The van der Waals surface area contributed by atoms with Crippen LogP contribution in [0.1, 0.15) is 24.8 Å². The molecule has 0 spiro atoms. The number of benzene rings is 1. The predicted molar refractivity (Wildman–Crippen MR) is 78.7 cm³/mol. The molecule has 0 aliphatic heterocycles. The van der Waals surface area contributed by atoms with Crippen LogP contribution < -0.4 is 5.73 Å². The molecule has 102 valence electrons. The number of hydrogen-bond acceptors (Lipinski definition) is 4. The molecule has 1 heterocycles. The lowest BCUT2D eigenvalue weighted by atomic mass is 10.0. The van der Waals surface area contributed by atoms with Gasteiger partial charge in [-0.15, -0.1) is 0 Å². The van der Waals surface area contributed by atoms with E-state index >= 15 is 0 Å². The van der Waals surface area contributed by atoms with Crippen molar-refractivity contribution in [2.45, 2.75) is 26.7 Å². The van der Waals surface area contributed by atoms with E-state index in [-0.39, 0.29) is 0 Å². The number of rotatable bonds is 5. The summed E-state index contributed by atoms with van der Waals surface area (Å²) in [6.45, 7) is 4.80. The Hall–Kier alpha value is -1.20. The quantitative estimate of drug-likeness (QED) is 0.916. The largest absolute Gasteiger partial charge is 0.339 e. The highest BCUT2D eigenvalue weighted by atomic mass is 79.9. The summed E-state index contributed by atoms with van der Waals surface area (Å²) >= 11 is 3.45. The van der Waals surface area contributed by atoms with Crippen molar-refractivity contribution in [2.75, 3.05) is 6.54 Å². The SMILES string of the molecule is CCC(CN)Cc1nc(-c2ccc(Br)cc2C)no1. The summed E-state index contributed by atoms with van der Waals surface area (Å²) in [4.78, 5) is 4.46. The zero-order valence-electron chi connectivity index (χ0n) is 11.2. The number of hydrogen-bond donors (Lipinski definition) is 1. The van der Waals surface area contributed by atoms with Crippen LogP contribution in [0.5, 0.6) is 0 Å². The van der Waals surface area contributed by atoms with Gasteiger partial charge in [-0.2, -0.15) is 4.98 Å². The Balaban J connectivity index is 2.20. The number of nitrogens with two attached hydrogens (primary N) is 1. The van der Waals surface area contributed by atoms with E-state index < -0.39 is 0 Å². The highest BCUT2D eigenvalue weighted by Gasteiger charge is 2.14. The van der Waals surface area contributed by atoms with Crippen LogP contribution in [-0.2, 0) is 6.42 Å². The molecule has 0 fully saturated rings.